The number of aliphatic hydroxyl groups excluding tert-OH is 1. The van der Waals surface area contributed by atoms with E-state index in [0.717, 1.165) is 77.6 Å². The highest BCUT2D eigenvalue weighted by Gasteiger charge is 2.13. The van der Waals surface area contributed by atoms with E-state index in [-0.39, 0.29) is 81.0 Å². The summed E-state index contributed by atoms with van der Waals surface area (Å²) in [6.07, 6.45) is 3.53. The van der Waals surface area contributed by atoms with Crippen molar-refractivity contribution in [1.29, 1.82) is 0 Å². The third kappa shape index (κ3) is 76.5. The number of carbonyl (C=O) groups is 3. The SMILES string of the molecule is C.C.C.C.C.C.CCN.CCN.CCN(CCOC)CC(=O)Cc1c(C)cccc1C.CCNCC(=O)Cc1c(C)cccc1C.CCNCCOC.COCCO.COCCOS(C)(=O)=O.COS(C)(=O)=O.Cc1cccc(C)c1CC(=O)CCl. The van der Waals surface area contributed by atoms with Crippen molar-refractivity contribution in [2.24, 2.45) is 11.5 Å². The van der Waals surface area contributed by atoms with Gasteiger partial charge in [0.2, 0.25) is 0 Å². The Balaban J connectivity index is -0.0000000750. The van der Waals surface area contributed by atoms with Crippen molar-refractivity contribution in [3.63, 3.8) is 0 Å². The van der Waals surface area contributed by atoms with Crippen molar-refractivity contribution in [2.45, 2.75) is 140 Å². The van der Waals surface area contributed by atoms with E-state index in [1.165, 1.54) is 51.6 Å². The van der Waals surface area contributed by atoms with Crippen molar-refractivity contribution in [1.82, 2.24) is 15.5 Å². The van der Waals surface area contributed by atoms with Gasteiger partial charge in [0.1, 0.15) is 0 Å². The van der Waals surface area contributed by atoms with Gasteiger partial charge in [0.25, 0.3) is 20.2 Å². The van der Waals surface area contributed by atoms with Crippen molar-refractivity contribution in [3.05, 3.63) is 105 Å². The summed E-state index contributed by atoms with van der Waals surface area (Å²) in [5.74, 6) is 0.719. The molecule has 3 rings (SSSR count). The number of likely N-dealkylation sites (N-methyl/N-ethyl adjacent to an activating group) is 3. The van der Waals surface area contributed by atoms with Crippen LogP contribution in [-0.2, 0) is 81.2 Å². The molecule has 0 aliphatic rings. The summed E-state index contributed by atoms with van der Waals surface area (Å²) in [4.78, 5) is 37.1. The highest BCUT2D eigenvalue weighted by Crippen LogP contribution is 2.16. The fourth-order valence-corrected chi connectivity index (χ4v) is 6.40. The Hall–Kier alpha value is -3.62. The molecule has 0 fully saturated rings. The Morgan fingerprint density at radius 2 is 0.849 bits per heavy atom. The Morgan fingerprint density at radius 1 is 0.523 bits per heavy atom. The fraction of sp³-hybridized carbons (Fsp3) is 0.672. The normalized spacial score (nSPS) is 9.48. The second-order valence-corrected chi connectivity index (χ2v) is 21.0. The van der Waals surface area contributed by atoms with E-state index in [1.807, 2.05) is 65.0 Å². The van der Waals surface area contributed by atoms with Crippen molar-refractivity contribution in [2.75, 3.05) is 152 Å². The number of rotatable bonds is 27. The van der Waals surface area contributed by atoms with E-state index < -0.39 is 20.2 Å². The van der Waals surface area contributed by atoms with Crippen LogP contribution in [0.15, 0.2) is 54.6 Å². The first-order valence-corrected chi connectivity index (χ1v) is 30.8. The number of aryl methyl sites for hydroxylation is 6. The number of ether oxygens (including phenoxy) is 4. The maximum absolute atomic E-state index is 12.2. The van der Waals surface area contributed by atoms with Gasteiger partial charge in [-0.3, -0.25) is 27.6 Å². The lowest BCUT2D eigenvalue weighted by molar-refractivity contribution is -0.120. The molecule has 0 bridgehead atoms. The van der Waals surface area contributed by atoms with Gasteiger partial charge in [0.15, 0.2) is 17.3 Å². The third-order valence-electron chi connectivity index (χ3n) is 10.2. The Morgan fingerprint density at radius 3 is 1.10 bits per heavy atom. The number of halogens is 1. The van der Waals surface area contributed by atoms with Crippen LogP contribution in [0.25, 0.3) is 0 Å². The molecule has 0 aromatic heterocycles. The van der Waals surface area contributed by atoms with Crippen LogP contribution in [-0.4, -0.2) is 197 Å². The maximum Gasteiger partial charge on any atom is 0.264 e. The largest absolute Gasteiger partial charge is 0.394 e. The molecule has 0 saturated carbocycles. The molecule has 0 aliphatic carbocycles. The fourth-order valence-electron chi connectivity index (χ4n) is 5.93. The third-order valence-corrected chi connectivity index (χ3v) is 11.6. The zero-order valence-corrected chi connectivity index (χ0v) is 54.6. The molecule has 22 heteroatoms. The van der Waals surface area contributed by atoms with E-state index in [9.17, 15) is 31.2 Å². The van der Waals surface area contributed by atoms with Gasteiger partial charge in [0, 0.05) is 60.8 Å². The first-order chi connectivity index (χ1) is 37.7. The molecule has 0 atom stereocenters. The summed E-state index contributed by atoms with van der Waals surface area (Å²) in [7, 11) is 1.10. The number of nitrogens with two attached hydrogens (primary N) is 2. The number of alkyl halides is 1. The van der Waals surface area contributed by atoms with Gasteiger partial charge in [-0.05, 0) is 124 Å². The van der Waals surface area contributed by atoms with E-state index >= 15 is 0 Å². The number of benzene rings is 3. The second kappa shape index (κ2) is 75.6. The number of Topliss-reactive ketones (excluding diaryl/α,β-unsaturated/α-hetero) is 3. The molecule has 19 nitrogen and oxygen atoms in total. The van der Waals surface area contributed by atoms with Crippen molar-refractivity contribution >= 4 is 49.2 Å². The molecule has 0 spiro atoms. The monoisotopic (exact) mass is 1290 g/mol. The van der Waals surface area contributed by atoms with E-state index in [2.05, 4.69) is 99.2 Å². The summed E-state index contributed by atoms with van der Waals surface area (Å²) in [6.45, 7) is 31.7. The molecule has 0 unspecified atom stereocenters. The number of carbonyl (C=O) groups excluding carboxylic acids is 3. The first-order valence-electron chi connectivity index (χ1n) is 26.6. The number of hydrogen-bond donors (Lipinski definition) is 5. The lowest BCUT2D eigenvalue weighted by atomic mass is 9.98. The molecule has 0 radical (unpaired) electrons. The second-order valence-electron chi connectivity index (χ2n) is 17.3. The molecular formula is C64H132ClN5O14S2. The molecule has 0 amide bonds. The first kappa shape index (κ1) is 110. The van der Waals surface area contributed by atoms with Crippen LogP contribution in [0.4, 0.5) is 0 Å². The number of nitrogens with one attached hydrogen (secondary N) is 2. The number of nitrogens with zero attached hydrogens (tertiary/aromatic N) is 1. The predicted octanol–water partition coefficient (Wildman–Crippen LogP) is 9.88. The van der Waals surface area contributed by atoms with Crippen LogP contribution < -0.4 is 22.1 Å². The zero-order chi connectivity index (χ0) is 63.0. The maximum atomic E-state index is 12.2. The number of aliphatic hydroxyl groups is 1. The van der Waals surface area contributed by atoms with E-state index in [4.69, 9.17) is 37.6 Å². The van der Waals surface area contributed by atoms with Crippen LogP contribution in [0.2, 0.25) is 0 Å². The van der Waals surface area contributed by atoms with E-state index in [1.54, 1.807) is 21.3 Å². The number of ketones is 3. The lowest BCUT2D eigenvalue weighted by Crippen LogP contribution is -2.33. The minimum absolute atomic E-state index is 0. The van der Waals surface area contributed by atoms with Crippen LogP contribution in [0, 0.1) is 41.5 Å². The zero-order valence-electron chi connectivity index (χ0n) is 52.2. The Bertz CT molecular complexity index is 2120. The highest BCUT2D eigenvalue weighted by molar-refractivity contribution is 7.86. The number of methoxy groups -OCH3 is 4. The van der Waals surface area contributed by atoms with Gasteiger partial charge in [-0.15, -0.1) is 11.6 Å². The molecule has 0 heterocycles. The summed E-state index contributed by atoms with van der Waals surface area (Å²) in [5.41, 5.74) is 20.3. The average molecular weight is 1300 g/mol. The average Bonchev–Trinajstić information content (AvgIpc) is 3.39. The van der Waals surface area contributed by atoms with Crippen LogP contribution >= 0.6 is 11.6 Å². The minimum Gasteiger partial charge on any atom is -0.394 e. The molecule has 0 aliphatic heterocycles. The van der Waals surface area contributed by atoms with Crippen molar-refractivity contribution in [3.8, 4) is 0 Å². The Labute approximate surface area is 534 Å². The summed E-state index contributed by atoms with van der Waals surface area (Å²) in [6, 6.07) is 18.4. The molecular weight excluding hydrogens is 1160 g/mol. The molecule has 3 aromatic carbocycles. The Kier molecular flexibility index (Phi) is 96.9. The van der Waals surface area contributed by atoms with Crippen molar-refractivity contribution < 1.29 is 63.6 Å². The predicted molar refractivity (Wildman–Crippen MR) is 371 cm³/mol. The molecule has 7 N–H and O–H groups in total. The smallest absolute Gasteiger partial charge is 0.264 e. The van der Waals surface area contributed by atoms with Gasteiger partial charge < -0.3 is 46.2 Å². The quantitative estimate of drug-likeness (QED) is 0.0270. The van der Waals surface area contributed by atoms with Crippen LogP contribution in [0.3, 0.4) is 0 Å². The summed E-state index contributed by atoms with van der Waals surface area (Å²) in [5, 5.41) is 14.1. The van der Waals surface area contributed by atoms with Gasteiger partial charge >= 0.3 is 0 Å². The van der Waals surface area contributed by atoms with Crippen LogP contribution in [0.1, 0.15) is 129 Å². The van der Waals surface area contributed by atoms with Gasteiger partial charge in [-0.2, -0.15) is 16.8 Å². The highest BCUT2D eigenvalue weighted by atomic mass is 35.5. The van der Waals surface area contributed by atoms with E-state index in [0.29, 0.717) is 52.2 Å². The summed E-state index contributed by atoms with van der Waals surface area (Å²) >= 11 is 5.46. The molecule has 0 saturated heterocycles. The minimum atomic E-state index is -3.28. The summed E-state index contributed by atoms with van der Waals surface area (Å²) < 4.78 is 67.1. The topological polar surface area (TPSA) is 274 Å². The standard InChI is InChI=1S/C16H25NO2.C13H19NO.C11H13ClO.C5H13NO.C4H10O4S.C3H8O2.2C2H7N.C2H6O3S.6CH4/c1-5-17(9-10-19-4)12-15(18)11-16-13(2)7-6-8-14(16)3;1-4-14-9-12(15)8-13-10(2)6-5-7-11(13)3;1-8-4-3-5-9(2)11(8)6-10(13)7-12;1-3-6-4-5-7-2;1-7-3-4-8-9(2,5)6;1-5-3-2-4;2*1-2-3;1-5-6(2,3)4;;;;;;/h6-8H,5,9-12H2,1-4H3;5-7,14H,4,8-9H2,1-3H3;3-5H,6-7H2,1-2H3;6H,3-5H2,1-2H3;3-4H2,1-2H3;4H,2-3H2,1H3;2*2-3H2,1H3;1-2H3;6*1H4. The van der Waals surface area contributed by atoms with Gasteiger partial charge in [-0.25, -0.2) is 0 Å². The number of hydrogen-bond acceptors (Lipinski definition) is 19. The lowest BCUT2D eigenvalue weighted by Gasteiger charge is -2.19. The van der Waals surface area contributed by atoms with Gasteiger partial charge in [-0.1, -0.05) is 134 Å². The molecule has 516 valence electrons. The molecule has 86 heavy (non-hydrogen) atoms. The van der Waals surface area contributed by atoms with Crippen LogP contribution in [0.5, 0.6) is 0 Å². The molecule has 3 aromatic rings. The van der Waals surface area contributed by atoms with Gasteiger partial charge in [0.05, 0.1) is 78.2 Å².